The lowest BCUT2D eigenvalue weighted by Crippen LogP contribution is -2.12. The van der Waals surface area contributed by atoms with Gasteiger partial charge in [-0.1, -0.05) is 18.2 Å². The Labute approximate surface area is 145 Å². The van der Waals surface area contributed by atoms with Gasteiger partial charge in [0, 0.05) is 22.6 Å². The summed E-state index contributed by atoms with van der Waals surface area (Å²) in [6.45, 7) is 4.96. The quantitative estimate of drug-likeness (QED) is 0.648. The smallest absolute Gasteiger partial charge is 0.255 e. The fourth-order valence-electron chi connectivity index (χ4n) is 2.34. The summed E-state index contributed by atoms with van der Waals surface area (Å²) in [4.78, 5) is 13.6. The number of benzene rings is 2. The number of fused-ring (bicyclic) bond motifs is 1. The minimum atomic E-state index is -0.169. The number of carbonyl (C=O) groups is 1. The molecule has 2 aromatic rings. The van der Waals surface area contributed by atoms with Crippen LogP contribution in [-0.2, 0) is 0 Å². The predicted octanol–water partition coefficient (Wildman–Crippen LogP) is 4.38. The van der Waals surface area contributed by atoms with Crippen molar-refractivity contribution in [2.24, 2.45) is 0 Å². The molecule has 4 nitrogen and oxygen atoms in total. The number of rotatable bonds is 5. The van der Waals surface area contributed by atoms with Gasteiger partial charge in [-0.05, 0) is 30.3 Å². The molecule has 0 aromatic heterocycles. The molecule has 2 aromatic carbocycles. The van der Waals surface area contributed by atoms with Gasteiger partial charge in [0.05, 0.1) is 18.9 Å². The van der Waals surface area contributed by atoms with Crippen molar-refractivity contribution in [3.05, 3.63) is 60.7 Å². The minimum Gasteiger partial charge on any atom is -0.490 e. The average molecular weight is 341 g/mol. The third-order valence-electron chi connectivity index (χ3n) is 3.50. The molecule has 24 heavy (non-hydrogen) atoms. The van der Waals surface area contributed by atoms with Crippen molar-refractivity contribution < 1.29 is 14.3 Å². The van der Waals surface area contributed by atoms with E-state index in [0.717, 1.165) is 22.8 Å². The van der Waals surface area contributed by atoms with Crippen LogP contribution in [0.1, 0.15) is 16.8 Å². The number of carbonyl (C=O) groups excluding carboxylic acids is 1. The van der Waals surface area contributed by atoms with E-state index in [1.54, 1.807) is 30.0 Å². The molecule has 0 radical (unpaired) electrons. The first-order valence-corrected chi connectivity index (χ1v) is 8.80. The Hall–Kier alpha value is -2.40. The zero-order chi connectivity index (χ0) is 16.8. The lowest BCUT2D eigenvalue weighted by Gasteiger charge is -2.12. The number of nitrogens with one attached hydrogen (secondary N) is 1. The Balaban J connectivity index is 1.78. The summed E-state index contributed by atoms with van der Waals surface area (Å²) >= 11 is 1.63. The largest absolute Gasteiger partial charge is 0.490 e. The van der Waals surface area contributed by atoms with Crippen molar-refractivity contribution in [1.82, 2.24) is 0 Å². The van der Waals surface area contributed by atoms with E-state index < -0.39 is 0 Å². The van der Waals surface area contributed by atoms with E-state index in [1.165, 1.54) is 0 Å². The molecule has 1 heterocycles. The zero-order valence-corrected chi connectivity index (χ0v) is 14.1. The van der Waals surface area contributed by atoms with E-state index >= 15 is 0 Å². The first-order chi connectivity index (χ1) is 11.8. The third kappa shape index (κ3) is 3.92. The fourth-order valence-corrected chi connectivity index (χ4v) is 3.09. The van der Waals surface area contributed by atoms with Gasteiger partial charge in [-0.2, -0.15) is 0 Å². The van der Waals surface area contributed by atoms with E-state index in [9.17, 15) is 4.79 Å². The van der Waals surface area contributed by atoms with Crippen molar-refractivity contribution >= 4 is 23.4 Å². The second kappa shape index (κ2) is 7.93. The highest BCUT2D eigenvalue weighted by Gasteiger charge is 2.15. The number of hydrogen-bond donors (Lipinski definition) is 1. The predicted molar refractivity (Wildman–Crippen MR) is 97.4 cm³/mol. The number of amides is 1. The Morgan fingerprint density at radius 1 is 1.17 bits per heavy atom. The van der Waals surface area contributed by atoms with Crippen LogP contribution in [0.2, 0.25) is 0 Å². The minimum absolute atomic E-state index is 0.169. The van der Waals surface area contributed by atoms with E-state index in [0.29, 0.717) is 30.3 Å². The first-order valence-electron chi connectivity index (χ1n) is 7.81. The molecule has 0 atom stereocenters. The molecule has 124 valence electrons. The van der Waals surface area contributed by atoms with Crippen molar-refractivity contribution in [3.8, 4) is 11.5 Å². The third-order valence-corrected chi connectivity index (χ3v) is 4.57. The summed E-state index contributed by atoms with van der Waals surface area (Å²) in [5, 5.41) is 2.97. The van der Waals surface area contributed by atoms with Crippen LogP contribution in [0.4, 0.5) is 5.69 Å². The van der Waals surface area contributed by atoms with Crippen LogP contribution in [0.3, 0.4) is 0 Å². The zero-order valence-electron chi connectivity index (χ0n) is 13.3. The highest BCUT2D eigenvalue weighted by atomic mass is 32.2. The van der Waals surface area contributed by atoms with Gasteiger partial charge in [-0.15, -0.1) is 18.3 Å². The maximum absolute atomic E-state index is 12.6. The average Bonchev–Trinajstić information content (AvgIpc) is 2.85. The molecule has 0 fully saturated rings. The van der Waals surface area contributed by atoms with Gasteiger partial charge in [0.2, 0.25) is 0 Å². The molecule has 5 heteroatoms. The van der Waals surface area contributed by atoms with Crippen molar-refractivity contribution in [3.63, 3.8) is 0 Å². The molecule has 0 unspecified atom stereocenters. The highest BCUT2D eigenvalue weighted by Crippen LogP contribution is 2.31. The summed E-state index contributed by atoms with van der Waals surface area (Å²) in [5.74, 6) is 1.93. The van der Waals surface area contributed by atoms with Crippen molar-refractivity contribution in [2.75, 3.05) is 24.3 Å². The topological polar surface area (TPSA) is 47.6 Å². The van der Waals surface area contributed by atoms with Crippen LogP contribution in [0, 0.1) is 0 Å². The molecule has 0 saturated carbocycles. The van der Waals surface area contributed by atoms with E-state index in [-0.39, 0.29) is 5.91 Å². The molecule has 1 aliphatic rings. The summed E-state index contributed by atoms with van der Waals surface area (Å²) in [5.41, 5.74) is 1.34. The van der Waals surface area contributed by atoms with Gasteiger partial charge in [0.1, 0.15) is 0 Å². The molecule has 1 amide bonds. The number of ether oxygens (including phenoxy) is 2. The second-order valence-electron chi connectivity index (χ2n) is 5.26. The Morgan fingerprint density at radius 3 is 2.79 bits per heavy atom. The molecule has 1 N–H and O–H groups in total. The Morgan fingerprint density at radius 2 is 1.96 bits per heavy atom. The Bertz CT molecular complexity index is 745. The normalized spacial score (nSPS) is 13.0. The van der Waals surface area contributed by atoms with Gasteiger partial charge in [-0.3, -0.25) is 4.79 Å². The summed E-state index contributed by atoms with van der Waals surface area (Å²) in [6.07, 6.45) is 2.68. The maximum atomic E-state index is 12.6. The van der Waals surface area contributed by atoms with Crippen LogP contribution >= 0.6 is 11.8 Å². The molecular weight excluding hydrogens is 322 g/mol. The van der Waals surface area contributed by atoms with Crippen LogP contribution in [0.25, 0.3) is 0 Å². The number of para-hydroxylation sites is 1. The molecule has 3 rings (SSSR count). The van der Waals surface area contributed by atoms with Crippen LogP contribution in [0.5, 0.6) is 11.5 Å². The molecule has 0 aliphatic carbocycles. The van der Waals surface area contributed by atoms with Gasteiger partial charge in [0.25, 0.3) is 5.91 Å². The highest BCUT2D eigenvalue weighted by molar-refractivity contribution is 7.99. The van der Waals surface area contributed by atoms with Gasteiger partial charge < -0.3 is 14.8 Å². The molecule has 0 saturated heterocycles. The van der Waals surface area contributed by atoms with Crippen LogP contribution in [0.15, 0.2) is 60.0 Å². The van der Waals surface area contributed by atoms with Gasteiger partial charge in [-0.25, -0.2) is 0 Å². The van der Waals surface area contributed by atoms with E-state index in [1.807, 2.05) is 30.3 Å². The first kappa shape index (κ1) is 16.5. The van der Waals surface area contributed by atoms with E-state index in [2.05, 4.69) is 11.9 Å². The summed E-state index contributed by atoms with van der Waals surface area (Å²) in [6, 6.07) is 13.0. The van der Waals surface area contributed by atoms with E-state index in [4.69, 9.17) is 9.47 Å². The fraction of sp³-hybridized carbons (Fsp3) is 0.211. The van der Waals surface area contributed by atoms with Crippen molar-refractivity contribution in [2.45, 2.75) is 11.3 Å². The lowest BCUT2D eigenvalue weighted by molar-refractivity contribution is 0.102. The number of thioether (sulfide) groups is 1. The van der Waals surface area contributed by atoms with Gasteiger partial charge >= 0.3 is 0 Å². The number of hydrogen-bond acceptors (Lipinski definition) is 4. The Kier molecular flexibility index (Phi) is 5.43. The molecule has 0 spiro atoms. The molecule has 1 aliphatic heterocycles. The SMILES string of the molecule is C=CCSc1ccccc1NC(=O)c1ccc2c(c1)OCCCO2. The lowest BCUT2D eigenvalue weighted by atomic mass is 10.2. The van der Waals surface area contributed by atoms with Gasteiger partial charge in [0.15, 0.2) is 11.5 Å². The monoisotopic (exact) mass is 341 g/mol. The molecule has 0 bridgehead atoms. The summed E-state index contributed by atoms with van der Waals surface area (Å²) < 4.78 is 11.2. The maximum Gasteiger partial charge on any atom is 0.255 e. The summed E-state index contributed by atoms with van der Waals surface area (Å²) in [7, 11) is 0. The number of anilines is 1. The standard InChI is InChI=1S/C19H19NO3S/c1-2-12-24-18-7-4-3-6-15(18)20-19(21)14-8-9-16-17(13-14)23-11-5-10-22-16/h2-4,6-9,13H,1,5,10-12H2,(H,20,21). The van der Waals surface area contributed by atoms with Crippen LogP contribution < -0.4 is 14.8 Å². The van der Waals surface area contributed by atoms with Crippen LogP contribution in [-0.4, -0.2) is 24.9 Å². The molecular formula is C19H19NO3S. The van der Waals surface area contributed by atoms with Crippen molar-refractivity contribution in [1.29, 1.82) is 0 Å². The second-order valence-corrected chi connectivity index (χ2v) is 6.32.